The van der Waals surface area contributed by atoms with Crippen LogP contribution in [0.5, 0.6) is 0 Å². The van der Waals surface area contributed by atoms with Crippen molar-refractivity contribution in [3.8, 4) is 0 Å². The number of nitrogens with zero attached hydrogens (tertiary/aromatic N) is 3. The Bertz CT molecular complexity index is 524. The van der Waals surface area contributed by atoms with E-state index in [0.717, 1.165) is 13.0 Å². The average Bonchev–Trinajstić information content (AvgIpc) is 2.95. The lowest BCUT2D eigenvalue weighted by Crippen LogP contribution is -2.32. The van der Waals surface area contributed by atoms with E-state index < -0.39 is 0 Å². The van der Waals surface area contributed by atoms with Crippen molar-refractivity contribution in [3.63, 3.8) is 0 Å². The fourth-order valence-electron chi connectivity index (χ4n) is 2.84. The number of rotatable bonds is 2. The molecule has 0 radical (unpaired) electrons. The number of hydrogen-bond donors (Lipinski definition) is 1. The molecule has 2 N–H and O–H groups in total. The Morgan fingerprint density at radius 2 is 2.05 bits per heavy atom. The molecule has 5 heteroatoms. The molecule has 1 saturated heterocycles. The highest BCUT2D eigenvalue weighted by Crippen LogP contribution is 2.41. The Balaban J connectivity index is 1.88. The van der Waals surface area contributed by atoms with Gasteiger partial charge < -0.3 is 10.6 Å². The van der Waals surface area contributed by atoms with E-state index in [1.807, 2.05) is 15.6 Å². The summed E-state index contributed by atoms with van der Waals surface area (Å²) in [4.78, 5) is 14.4. The van der Waals surface area contributed by atoms with Crippen LogP contribution >= 0.6 is 0 Å². The van der Waals surface area contributed by atoms with Crippen LogP contribution in [0.15, 0.2) is 6.07 Å². The molecule has 1 saturated carbocycles. The summed E-state index contributed by atoms with van der Waals surface area (Å²) >= 11 is 0. The lowest BCUT2D eigenvalue weighted by molar-refractivity contribution is 0.0783. The molecular formula is C15H24N4O. The number of aromatic nitrogens is 2. The minimum atomic E-state index is -0.0855. The van der Waals surface area contributed by atoms with Gasteiger partial charge in [-0.1, -0.05) is 0 Å². The normalized spacial score (nSPS) is 23.4. The summed E-state index contributed by atoms with van der Waals surface area (Å²) in [5, 5.41) is 4.60. The molecule has 1 atom stereocenters. The lowest BCUT2D eigenvalue weighted by atomic mass is 10.1. The van der Waals surface area contributed by atoms with E-state index >= 15 is 0 Å². The van der Waals surface area contributed by atoms with Crippen LogP contribution in [0, 0.1) is 0 Å². The molecule has 0 bridgehead atoms. The molecule has 1 aliphatic heterocycles. The van der Waals surface area contributed by atoms with Gasteiger partial charge in [0.15, 0.2) is 5.69 Å². The van der Waals surface area contributed by atoms with E-state index in [2.05, 4.69) is 25.9 Å². The monoisotopic (exact) mass is 276 g/mol. The molecular weight excluding hydrogens is 252 g/mol. The first-order valence-corrected chi connectivity index (χ1v) is 7.51. The first-order chi connectivity index (χ1) is 9.36. The van der Waals surface area contributed by atoms with E-state index in [4.69, 9.17) is 5.73 Å². The second kappa shape index (κ2) is 4.58. The Labute approximate surface area is 120 Å². The molecule has 1 aliphatic carbocycles. The summed E-state index contributed by atoms with van der Waals surface area (Å²) < 4.78 is 2.04. The lowest BCUT2D eigenvalue weighted by Gasteiger charge is -2.22. The molecule has 0 aromatic carbocycles. The number of hydrogen-bond acceptors (Lipinski definition) is 3. The molecule has 20 heavy (non-hydrogen) atoms. The van der Waals surface area contributed by atoms with Crippen molar-refractivity contribution in [2.75, 3.05) is 13.1 Å². The summed E-state index contributed by atoms with van der Waals surface area (Å²) in [5.41, 5.74) is 7.59. The van der Waals surface area contributed by atoms with Crippen molar-refractivity contribution in [2.45, 2.75) is 57.5 Å². The van der Waals surface area contributed by atoms with Crippen LogP contribution in [0.2, 0.25) is 0 Å². The highest BCUT2D eigenvalue weighted by atomic mass is 16.2. The van der Waals surface area contributed by atoms with Crippen LogP contribution < -0.4 is 5.73 Å². The van der Waals surface area contributed by atoms with Gasteiger partial charge in [-0.25, -0.2) is 0 Å². The van der Waals surface area contributed by atoms with E-state index in [9.17, 15) is 4.79 Å². The van der Waals surface area contributed by atoms with Crippen molar-refractivity contribution in [1.82, 2.24) is 14.7 Å². The minimum absolute atomic E-state index is 0.0304. The number of likely N-dealkylation sites (tertiary alicyclic amines) is 1. The van der Waals surface area contributed by atoms with E-state index in [1.54, 1.807) is 0 Å². The average molecular weight is 276 g/mol. The van der Waals surface area contributed by atoms with Crippen molar-refractivity contribution in [2.24, 2.45) is 5.73 Å². The second-order valence-corrected chi connectivity index (χ2v) is 7.11. The van der Waals surface area contributed by atoms with E-state index in [1.165, 1.54) is 18.5 Å². The first-order valence-electron chi connectivity index (χ1n) is 7.51. The third-order valence-corrected chi connectivity index (χ3v) is 4.10. The predicted octanol–water partition coefficient (Wildman–Crippen LogP) is 1.69. The van der Waals surface area contributed by atoms with Crippen LogP contribution in [0.4, 0.5) is 0 Å². The highest BCUT2D eigenvalue weighted by molar-refractivity contribution is 5.92. The second-order valence-electron chi connectivity index (χ2n) is 7.11. The van der Waals surface area contributed by atoms with Crippen molar-refractivity contribution in [3.05, 3.63) is 17.5 Å². The van der Waals surface area contributed by atoms with Gasteiger partial charge in [0, 0.05) is 30.7 Å². The summed E-state index contributed by atoms with van der Waals surface area (Å²) in [7, 11) is 0. The van der Waals surface area contributed by atoms with Gasteiger partial charge in [0.25, 0.3) is 5.91 Å². The fraction of sp³-hybridized carbons (Fsp3) is 0.733. The van der Waals surface area contributed by atoms with E-state index in [-0.39, 0.29) is 17.5 Å². The van der Waals surface area contributed by atoms with Gasteiger partial charge in [-0.05, 0) is 46.1 Å². The smallest absolute Gasteiger partial charge is 0.274 e. The molecule has 1 aromatic rings. The summed E-state index contributed by atoms with van der Waals surface area (Å²) in [6.45, 7) is 7.80. The largest absolute Gasteiger partial charge is 0.336 e. The van der Waals surface area contributed by atoms with Gasteiger partial charge in [-0.15, -0.1) is 0 Å². The topological polar surface area (TPSA) is 64.2 Å². The van der Waals surface area contributed by atoms with Crippen LogP contribution in [-0.4, -0.2) is 39.7 Å². The predicted molar refractivity (Wildman–Crippen MR) is 77.7 cm³/mol. The number of carbonyl (C=O) groups excluding carboxylic acids is 1. The van der Waals surface area contributed by atoms with Crippen molar-refractivity contribution < 1.29 is 4.79 Å². The molecule has 110 valence electrons. The Kier molecular flexibility index (Phi) is 3.12. The maximum atomic E-state index is 12.5. The van der Waals surface area contributed by atoms with E-state index in [0.29, 0.717) is 18.2 Å². The van der Waals surface area contributed by atoms with Crippen molar-refractivity contribution in [1.29, 1.82) is 0 Å². The summed E-state index contributed by atoms with van der Waals surface area (Å²) in [5.74, 6) is 0.618. The molecule has 0 spiro atoms. The van der Waals surface area contributed by atoms with Crippen molar-refractivity contribution >= 4 is 5.91 Å². The molecule has 0 unspecified atom stereocenters. The molecule has 5 nitrogen and oxygen atoms in total. The third kappa shape index (κ3) is 2.46. The standard InChI is InChI=1S/C15H24N4O/c1-15(2,3)19-13(10-4-5-10)8-12(17-19)14(20)18-7-6-11(16)9-18/h8,10-11H,4-7,9,16H2,1-3H3/t11-/m1/s1. The number of amides is 1. The molecule has 2 heterocycles. The first kappa shape index (κ1) is 13.6. The summed E-state index contributed by atoms with van der Waals surface area (Å²) in [6, 6.07) is 2.11. The Morgan fingerprint density at radius 3 is 2.55 bits per heavy atom. The third-order valence-electron chi connectivity index (χ3n) is 4.10. The van der Waals surface area contributed by atoms with Crippen LogP contribution in [-0.2, 0) is 5.54 Å². The quantitative estimate of drug-likeness (QED) is 0.894. The van der Waals surface area contributed by atoms with Crippen LogP contribution in [0.3, 0.4) is 0 Å². The maximum Gasteiger partial charge on any atom is 0.274 e. The maximum absolute atomic E-state index is 12.5. The van der Waals surface area contributed by atoms with Gasteiger partial charge >= 0.3 is 0 Å². The van der Waals surface area contributed by atoms with Gasteiger partial charge in [0.2, 0.25) is 0 Å². The molecule has 2 aliphatic rings. The van der Waals surface area contributed by atoms with Crippen LogP contribution in [0.1, 0.15) is 62.1 Å². The van der Waals surface area contributed by atoms with Gasteiger partial charge in [-0.2, -0.15) is 5.10 Å². The molecule has 3 rings (SSSR count). The summed E-state index contributed by atoms with van der Waals surface area (Å²) in [6.07, 6.45) is 3.31. The Hall–Kier alpha value is -1.36. The zero-order valence-corrected chi connectivity index (χ0v) is 12.6. The number of carbonyl (C=O) groups is 1. The minimum Gasteiger partial charge on any atom is -0.336 e. The zero-order chi connectivity index (χ0) is 14.5. The Morgan fingerprint density at radius 1 is 1.35 bits per heavy atom. The molecule has 2 fully saturated rings. The fourth-order valence-corrected chi connectivity index (χ4v) is 2.84. The van der Waals surface area contributed by atoms with Gasteiger partial charge in [0.05, 0.1) is 5.54 Å². The SMILES string of the molecule is CC(C)(C)n1nc(C(=O)N2CC[C@@H](N)C2)cc1C1CC1. The van der Waals surface area contributed by atoms with Gasteiger partial charge in [0.1, 0.15) is 0 Å². The van der Waals surface area contributed by atoms with Crippen LogP contribution in [0.25, 0.3) is 0 Å². The molecule has 1 aromatic heterocycles. The van der Waals surface area contributed by atoms with Gasteiger partial charge in [-0.3, -0.25) is 9.48 Å². The molecule has 1 amide bonds. The zero-order valence-electron chi connectivity index (χ0n) is 12.6. The number of nitrogens with two attached hydrogens (primary N) is 1. The highest BCUT2D eigenvalue weighted by Gasteiger charge is 2.34.